The van der Waals surface area contributed by atoms with Crippen LogP contribution in [0.5, 0.6) is 0 Å². The fourth-order valence-electron chi connectivity index (χ4n) is 3.22. The maximum Gasteiger partial charge on any atom is 0.248 e. The van der Waals surface area contributed by atoms with Gasteiger partial charge >= 0.3 is 0 Å². The lowest BCUT2D eigenvalue weighted by Gasteiger charge is -2.14. The number of carbonyl (C=O) groups is 2. The van der Waals surface area contributed by atoms with E-state index in [-0.39, 0.29) is 36.1 Å². The number of carbonyl (C=O) groups excluding carboxylic acids is 2. The highest BCUT2D eigenvalue weighted by Gasteiger charge is 2.47. The average Bonchev–Trinajstić information content (AvgIpc) is 3.15. The molecule has 2 aromatic rings. The maximum atomic E-state index is 12.5. The minimum atomic E-state index is -0.242. The van der Waals surface area contributed by atoms with Crippen molar-refractivity contribution in [1.29, 1.82) is 0 Å². The topological polar surface area (TPSA) is 76.3 Å². The molecule has 2 atom stereocenters. The minimum absolute atomic E-state index is 0.0299. The Morgan fingerprint density at radius 3 is 2.42 bits per heavy atom. The van der Waals surface area contributed by atoms with Gasteiger partial charge < -0.3 is 4.42 Å². The molecule has 0 unspecified atom stereocenters. The lowest BCUT2D eigenvalue weighted by atomic mass is 9.85. The van der Waals surface area contributed by atoms with Crippen LogP contribution in [0.2, 0.25) is 0 Å². The highest BCUT2D eigenvalue weighted by molar-refractivity contribution is 9.10. The monoisotopic (exact) mass is 387 g/mol. The Balaban J connectivity index is 1.56. The van der Waals surface area contributed by atoms with Crippen LogP contribution in [-0.4, -0.2) is 26.9 Å². The Hall–Kier alpha value is -2.28. The number of amides is 2. The summed E-state index contributed by atoms with van der Waals surface area (Å²) in [7, 11) is 0. The second-order valence-corrected chi connectivity index (χ2v) is 6.75. The zero-order valence-corrected chi connectivity index (χ0v) is 14.3. The van der Waals surface area contributed by atoms with Crippen LogP contribution in [0.1, 0.15) is 18.7 Å². The van der Waals surface area contributed by atoms with Crippen molar-refractivity contribution in [2.24, 2.45) is 11.8 Å². The van der Waals surface area contributed by atoms with Gasteiger partial charge in [-0.2, -0.15) is 0 Å². The molecule has 0 saturated carbocycles. The third-order valence-electron chi connectivity index (χ3n) is 4.46. The molecule has 2 heterocycles. The van der Waals surface area contributed by atoms with Crippen LogP contribution in [-0.2, 0) is 16.1 Å². The number of fused-ring (bicyclic) bond motifs is 1. The average molecular weight is 388 g/mol. The molecule has 0 bridgehead atoms. The first-order chi connectivity index (χ1) is 11.6. The van der Waals surface area contributed by atoms with E-state index in [9.17, 15) is 9.59 Å². The summed E-state index contributed by atoms with van der Waals surface area (Å²) in [6, 6.07) is 7.50. The molecule has 4 rings (SSSR count). The van der Waals surface area contributed by atoms with Crippen molar-refractivity contribution in [2.45, 2.75) is 19.4 Å². The van der Waals surface area contributed by atoms with Crippen molar-refractivity contribution in [3.05, 3.63) is 46.8 Å². The molecular formula is C17H14BrN3O3. The first-order valence-electron chi connectivity index (χ1n) is 7.72. The van der Waals surface area contributed by atoms with Gasteiger partial charge in [-0.25, -0.2) is 0 Å². The molecule has 2 amide bonds. The second kappa shape index (κ2) is 5.98. The van der Waals surface area contributed by atoms with Gasteiger partial charge in [-0.15, -0.1) is 10.2 Å². The summed E-state index contributed by atoms with van der Waals surface area (Å²) in [5.41, 5.74) is 0.771. The van der Waals surface area contributed by atoms with Crippen molar-refractivity contribution in [2.75, 3.05) is 0 Å². The van der Waals surface area contributed by atoms with E-state index in [0.29, 0.717) is 18.7 Å². The van der Waals surface area contributed by atoms with Gasteiger partial charge in [-0.05, 0) is 40.9 Å². The van der Waals surface area contributed by atoms with Gasteiger partial charge in [0.05, 0.1) is 17.4 Å². The highest BCUT2D eigenvalue weighted by Crippen LogP contribution is 2.36. The van der Waals surface area contributed by atoms with E-state index in [2.05, 4.69) is 26.1 Å². The van der Waals surface area contributed by atoms with Gasteiger partial charge in [0.1, 0.15) is 6.54 Å². The van der Waals surface area contributed by atoms with Crippen LogP contribution >= 0.6 is 15.9 Å². The predicted octanol–water partition coefficient (Wildman–Crippen LogP) is 2.95. The van der Waals surface area contributed by atoms with Crippen LogP contribution in [0.15, 0.2) is 45.3 Å². The Kier molecular flexibility index (Phi) is 3.80. The number of rotatable bonds is 3. The molecule has 1 fully saturated rings. The summed E-state index contributed by atoms with van der Waals surface area (Å²) >= 11 is 3.44. The fourth-order valence-corrected chi connectivity index (χ4v) is 3.68. The van der Waals surface area contributed by atoms with Gasteiger partial charge in [0.15, 0.2) is 0 Å². The molecule has 0 spiro atoms. The quantitative estimate of drug-likeness (QED) is 0.597. The number of halogens is 1. The Labute approximate surface area is 146 Å². The largest absolute Gasteiger partial charge is 0.419 e. The molecule has 2 aliphatic rings. The van der Waals surface area contributed by atoms with E-state index >= 15 is 0 Å². The van der Waals surface area contributed by atoms with E-state index < -0.39 is 0 Å². The van der Waals surface area contributed by atoms with Crippen LogP contribution in [0, 0.1) is 11.8 Å². The summed E-state index contributed by atoms with van der Waals surface area (Å²) in [6.07, 6.45) is 5.18. The molecule has 7 heteroatoms. The Morgan fingerprint density at radius 1 is 1.08 bits per heavy atom. The molecule has 1 aliphatic heterocycles. The van der Waals surface area contributed by atoms with E-state index in [4.69, 9.17) is 4.42 Å². The summed E-state index contributed by atoms with van der Waals surface area (Å²) in [5, 5.41) is 8.01. The third-order valence-corrected chi connectivity index (χ3v) is 5.15. The first kappa shape index (κ1) is 15.3. The number of hydrogen-bond acceptors (Lipinski definition) is 5. The first-order valence-corrected chi connectivity index (χ1v) is 8.52. The van der Waals surface area contributed by atoms with Gasteiger partial charge in [-0.3, -0.25) is 14.5 Å². The molecule has 122 valence electrons. The summed E-state index contributed by atoms with van der Waals surface area (Å²) in [6.45, 7) is 0.0299. The van der Waals surface area contributed by atoms with Gasteiger partial charge in [0.25, 0.3) is 0 Å². The number of hydrogen-bond donors (Lipinski definition) is 0. The molecule has 1 saturated heterocycles. The van der Waals surface area contributed by atoms with Crippen molar-refractivity contribution >= 4 is 27.7 Å². The molecule has 1 aromatic heterocycles. The maximum absolute atomic E-state index is 12.5. The van der Waals surface area contributed by atoms with Crippen LogP contribution in [0.4, 0.5) is 0 Å². The highest BCUT2D eigenvalue weighted by atomic mass is 79.9. The van der Waals surface area contributed by atoms with Crippen molar-refractivity contribution in [1.82, 2.24) is 15.1 Å². The van der Waals surface area contributed by atoms with E-state index in [1.807, 2.05) is 36.4 Å². The summed E-state index contributed by atoms with van der Waals surface area (Å²) in [4.78, 5) is 26.2. The predicted molar refractivity (Wildman–Crippen MR) is 88.3 cm³/mol. The van der Waals surface area contributed by atoms with Gasteiger partial charge in [0, 0.05) is 4.47 Å². The van der Waals surface area contributed by atoms with Crippen molar-refractivity contribution in [3.63, 3.8) is 0 Å². The normalized spacial score (nSPS) is 23.0. The van der Waals surface area contributed by atoms with Crippen molar-refractivity contribution in [3.8, 4) is 11.5 Å². The number of likely N-dealkylation sites (tertiary alicyclic amines) is 1. The second-order valence-electron chi connectivity index (χ2n) is 5.90. The smallest absolute Gasteiger partial charge is 0.248 e. The third kappa shape index (κ3) is 2.49. The SMILES string of the molecule is O=C1[C@H]2CC=CC[C@@H]2C(=O)N1Cc1nnc(-c2ccccc2Br)o1. The van der Waals surface area contributed by atoms with Crippen LogP contribution < -0.4 is 0 Å². The Morgan fingerprint density at radius 2 is 1.75 bits per heavy atom. The van der Waals surface area contributed by atoms with E-state index in [1.54, 1.807) is 0 Å². The lowest BCUT2D eigenvalue weighted by Crippen LogP contribution is -2.30. The number of nitrogens with zero attached hydrogens (tertiary/aromatic N) is 3. The summed E-state index contributed by atoms with van der Waals surface area (Å²) in [5.74, 6) is -0.156. The molecule has 0 N–H and O–H groups in total. The number of aromatic nitrogens is 2. The fraction of sp³-hybridized carbons (Fsp3) is 0.294. The molecule has 1 aromatic carbocycles. The molecule has 6 nitrogen and oxygen atoms in total. The number of benzene rings is 1. The lowest BCUT2D eigenvalue weighted by molar-refractivity contribution is -0.140. The van der Waals surface area contributed by atoms with Crippen LogP contribution in [0.3, 0.4) is 0 Å². The van der Waals surface area contributed by atoms with E-state index in [1.165, 1.54) is 4.90 Å². The molecule has 24 heavy (non-hydrogen) atoms. The summed E-state index contributed by atoms with van der Waals surface area (Å²) < 4.78 is 6.49. The van der Waals surface area contributed by atoms with Gasteiger partial charge in [0.2, 0.25) is 23.6 Å². The van der Waals surface area contributed by atoms with Crippen molar-refractivity contribution < 1.29 is 14.0 Å². The van der Waals surface area contributed by atoms with Crippen LogP contribution in [0.25, 0.3) is 11.5 Å². The number of allylic oxidation sites excluding steroid dienone is 2. The molecule has 0 radical (unpaired) electrons. The zero-order valence-electron chi connectivity index (χ0n) is 12.7. The Bertz CT molecular complexity index is 819. The minimum Gasteiger partial charge on any atom is -0.419 e. The zero-order chi connectivity index (χ0) is 16.7. The standard InChI is InChI=1S/C17H14BrN3O3/c18-13-8-4-3-7-12(13)15-20-19-14(24-15)9-21-16(22)10-5-1-2-6-11(10)17(21)23/h1-4,7-8,10-11H,5-6,9H2/t10-,11-/m0/s1. The van der Waals surface area contributed by atoms with E-state index in [0.717, 1.165) is 10.0 Å². The molecular weight excluding hydrogens is 374 g/mol. The number of imide groups is 1. The molecule has 1 aliphatic carbocycles. The van der Waals surface area contributed by atoms with Gasteiger partial charge in [-0.1, -0.05) is 24.3 Å².